The fraction of sp³-hybridized carbons (Fsp3) is 0.250. The highest BCUT2D eigenvalue weighted by molar-refractivity contribution is 14.1. The maximum atomic E-state index is 5.46. The van der Waals surface area contributed by atoms with Gasteiger partial charge in [0, 0.05) is 35.7 Å². The van der Waals surface area contributed by atoms with Gasteiger partial charge in [-0.3, -0.25) is 0 Å². The number of hydrogen-bond acceptors (Lipinski definition) is 7. The number of hydrogen-bond donors (Lipinski definition) is 0. The van der Waals surface area contributed by atoms with E-state index in [1.54, 1.807) is 29.0 Å². The molecular formula is C20H17IN4OS2. The zero-order valence-corrected chi connectivity index (χ0v) is 18.7. The van der Waals surface area contributed by atoms with Crippen molar-refractivity contribution in [2.24, 2.45) is 0 Å². The van der Waals surface area contributed by atoms with Crippen molar-refractivity contribution in [2.45, 2.75) is 3.92 Å². The van der Waals surface area contributed by atoms with Crippen LogP contribution in [0.4, 0.5) is 5.69 Å². The molecule has 4 heterocycles. The van der Waals surface area contributed by atoms with Gasteiger partial charge in [0.05, 0.1) is 33.2 Å². The molecule has 1 unspecified atom stereocenters. The molecule has 28 heavy (non-hydrogen) atoms. The van der Waals surface area contributed by atoms with Crippen LogP contribution in [-0.2, 0) is 4.74 Å². The van der Waals surface area contributed by atoms with E-state index in [2.05, 4.69) is 72.1 Å². The van der Waals surface area contributed by atoms with Gasteiger partial charge in [0.2, 0.25) is 0 Å². The summed E-state index contributed by atoms with van der Waals surface area (Å²) in [5.74, 6) is 0. The number of rotatable bonds is 4. The molecule has 142 valence electrons. The Bertz CT molecular complexity index is 1090. The van der Waals surface area contributed by atoms with E-state index < -0.39 is 0 Å². The van der Waals surface area contributed by atoms with Gasteiger partial charge >= 0.3 is 0 Å². The van der Waals surface area contributed by atoms with E-state index in [0.29, 0.717) is 0 Å². The Kier molecular flexibility index (Phi) is 5.27. The summed E-state index contributed by atoms with van der Waals surface area (Å²) < 4.78 is 5.73. The number of thiazole rings is 1. The molecule has 1 fully saturated rings. The Hall–Kier alpha value is -1.62. The van der Waals surface area contributed by atoms with Crippen molar-refractivity contribution >= 4 is 61.9 Å². The number of alkyl halides is 1. The van der Waals surface area contributed by atoms with Gasteiger partial charge in [-0.05, 0) is 35.2 Å². The topological polar surface area (TPSA) is 51.1 Å². The highest BCUT2D eigenvalue weighted by Crippen LogP contribution is 2.39. The Morgan fingerprint density at radius 3 is 2.79 bits per heavy atom. The van der Waals surface area contributed by atoms with Gasteiger partial charge in [0.1, 0.15) is 11.3 Å². The molecule has 1 aliphatic heterocycles. The van der Waals surface area contributed by atoms with Crippen molar-refractivity contribution in [3.05, 3.63) is 58.1 Å². The van der Waals surface area contributed by atoms with Gasteiger partial charge in [0.15, 0.2) is 0 Å². The molecule has 1 aliphatic rings. The Morgan fingerprint density at radius 2 is 1.96 bits per heavy atom. The van der Waals surface area contributed by atoms with Crippen LogP contribution in [0.1, 0.15) is 14.5 Å². The summed E-state index contributed by atoms with van der Waals surface area (Å²) in [6, 6.07) is 8.72. The lowest BCUT2D eigenvalue weighted by molar-refractivity contribution is 0.122. The number of anilines is 1. The standard InChI is InChI=1S/C20H17IN4OS2/c21-18(20-22-3-8-27-20)13-9-17(28-11-13)19-15-2-1-14(10-16(15)23-12-24-19)25-4-6-26-7-5-25/h1-3,8-12,18H,4-7H2. The minimum atomic E-state index is 0.267. The lowest BCUT2D eigenvalue weighted by atomic mass is 10.1. The third kappa shape index (κ3) is 3.54. The molecule has 8 heteroatoms. The van der Waals surface area contributed by atoms with Gasteiger partial charge in [-0.1, -0.05) is 22.6 Å². The number of aromatic nitrogens is 3. The molecule has 1 atom stereocenters. The predicted octanol–water partition coefficient (Wildman–Crippen LogP) is 5.18. The number of halogens is 1. The fourth-order valence-electron chi connectivity index (χ4n) is 3.37. The van der Waals surface area contributed by atoms with E-state index >= 15 is 0 Å². The quantitative estimate of drug-likeness (QED) is 0.274. The monoisotopic (exact) mass is 520 g/mol. The van der Waals surface area contributed by atoms with Gasteiger partial charge in [-0.15, -0.1) is 22.7 Å². The van der Waals surface area contributed by atoms with Crippen LogP contribution < -0.4 is 4.90 Å². The second-order valence-corrected chi connectivity index (χ2v) is 9.58. The van der Waals surface area contributed by atoms with Crippen molar-refractivity contribution in [2.75, 3.05) is 31.2 Å². The van der Waals surface area contributed by atoms with Crippen LogP contribution in [0.25, 0.3) is 21.5 Å². The largest absolute Gasteiger partial charge is 0.378 e. The highest BCUT2D eigenvalue weighted by atomic mass is 127. The Morgan fingerprint density at radius 1 is 1.07 bits per heavy atom. The highest BCUT2D eigenvalue weighted by Gasteiger charge is 2.18. The molecule has 0 radical (unpaired) electrons. The summed E-state index contributed by atoms with van der Waals surface area (Å²) in [5, 5.41) is 6.46. The van der Waals surface area contributed by atoms with Crippen LogP contribution in [0, 0.1) is 0 Å². The maximum absolute atomic E-state index is 5.46. The van der Waals surface area contributed by atoms with Gasteiger partial charge in [-0.2, -0.15) is 0 Å². The van der Waals surface area contributed by atoms with Gasteiger partial charge in [0.25, 0.3) is 0 Å². The molecule has 0 spiro atoms. The Labute approximate surface area is 184 Å². The van der Waals surface area contributed by atoms with Crippen molar-refractivity contribution in [1.29, 1.82) is 0 Å². The first kappa shape index (κ1) is 18.4. The van der Waals surface area contributed by atoms with Crippen molar-refractivity contribution in [3.63, 3.8) is 0 Å². The third-order valence-electron chi connectivity index (χ3n) is 4.81. The number of nitrogens with zero attached hydrogens (tertiary/aromatic N) is 4. The summed E-state index contributed by atoms with van der Waals surface area (Å²) in [7, 11) is 0. The summed E-state index contributed by atoms with van der Waals surface area (Å²) >= 11 is 5.88. The minimum Gasteiger partial charge on any atom is -0.378 e. The van der Waals surface area contributed by atoms with E-state index in [0.717, 1.165) is 47.9 Å². The zero-order valence-electron chi connectivity index (χ0n) is 14.9. The van der Waals surface area contributed by atoms with Crippen molar-refractivity contribution < 1.29 is 4.74 Å². The molecule has 3 aromatic heterocycles. The number of morpholine rings is 1. The molecule has 0 amide bonds. The average molecular weight is 520 g/mol. The van der Waals surface area contributed by atoms with Gasteiger partial charge in [-0.25, -0.2) is 15.0 Å². The van der Waals surface area contributed by atoms with Crippen LogP contribution in [0.15, 0.2) is 47.5 Å². The van der Waals surface area contributed by atoms with E-state index in [1.807, 2.05) is 11.6 Å². The normalized spacial score (nSPS) is 15.8. The smallest absolute Gasteiger partial charge is 0.116 e. The molecule has 0 saturated carbocycles. The number of fused-ring (bicyclic) bond motifs is 1. The molecule has 5 rings (SSSR count). The number of benzene rings is 1. The SMILES string of the molecule is IC(c1csc(-c2ncnc3cc(N4CCOCC4)ccc23)c1)c1nccs1. The molecule has 0 N–H and O–H groups in total. The molecule has 1 aromatic carbocycles. The minimum absolute atomic E-state index is 0.267. The summed E-state index contributed by atoms with van der Waals surface area (Å²) in [6.45, 7) is 3.40. The first-order chi connectivity index (χ1) is 13.8. The van der Waals surface area contributed by atoms with Crippen molar-refractivity contribution in [1.82, 2.24) is 15.0 Å². The van der Waals surface area contributed by atoms with Crippen LogP contribution >= 0.6 is 45.3 Å². The van der Waals surface area contributed by atoms with E-state index in [1.165, 1.54) is 16.1 Å². The van der Waals surface area contributed by atoms with Crippen LogP contribution in [0.5, 0.6) is 0 Å². The average Bonchev–Trinajstić information content (AvgIpc) is 3.45. The summed E-state index contributed by atoms with van der Waals surface area (Å²) in [5.41, 5.74) is 4.45. The van der Waals surface area contributed by atoms with Crippen LogP contribution in [0.3, 0.4) is 0 Å². The second-order valence-electron chi connectivity index (χ2n) is 6.50. The molecule has 1 saturated heterocycles. The predicted molar refractivity (Wildman–Crippen MR) is 124 cm³/mol. The second kappa shape index (κ2) is 8.02. The third-order valence-corrected chi connectivity index (χ3v) is 8.34. The molecule has 5 nitrogen and oxygen atoms in total. The number of thiophene rings is 1. The summed E-state index contributed by atoms with van der Waals surface area (Å²) in [6.07, 6.45) is 3.53. The van der Waals surface area contributed by atoms with Crippen LogP contribution in [0.2, 0.25) is 0 Å². The summed E-state index contributed by atoms with van der Waals surface area (Å²) in [4.78, 5) is 17.1. The van der Waals surface area contributed by atoms with Crippen molar-refractivity contribution in [3.8, 4) is 10.6 Å². The zero-order chi connectivity index (χ0) is 18.9. The van der Waals surface area contributed by atoms with E-state index in [9.17, 15) is 0 Å². The van der Waals surface area contributed by atoms with E-state index in [-0.39, 0.29) is 3.92 Å². The maximum Gasteiger partial charge on any atom is 0.116 e. The molecule has 0 bridgehead atoms. The molecule has 0 aliphatic carbocycles. The number of ether oxygens (including phenoxy) is 1. The van der Waals surface area contributed by atoms with Gasteiger partial charge < -0.3 is 9.64 Å². The lowest BCUT2D eigenvalue weighted by Crippen LogP contribution is -2.36. The first-order valence-corrected chi connectivity index (χ1v) is 12.0. The Balaban J connectivity index is 1.49. The fourth-order valence-corrected chi connectivity index (χ4v) is 6.16. The lowest BCUT2D eigenvalue weighted by Gasteiger charge is -2.29. The first-order valence-electron chi connectivity index (χ1n) is 8.99. The molecule has 4 aromatic rings. The van der Waals surface area contributed by atoms with Crippen LogP contribution in [-0.4, -0.2) is 41.3 Å². The van der Waals surface area contributed by atoms with E-state index in [4.69, 9.17) is 4.74 Å². The molecular weight excluding hydrogens is 503 g/mol.